The third-order valence-corrected chi connectivity index (χ3v) is 2.20. The van der Waals surface area contributed by atoms with Crippen LogP contribution in [-0.4, -0.2) is 42.0 Å². The van der Waals surface area contributed by atoms with Gasteiger partial charge in [-0.3, -0.25) is 4.79 Å². The van der Waals surface area contributed by atoms with Crippen LogP contribution in [0.3, 0.4) is 0 Å². The van der Waals surface area contributed by atoms with Crippen molar-refractivity contribution in [2.24, 2.45) is 5.73 Å². The van der Waals surface area contributed by atoms with E-state index < -0.39 is 43.6 Å². The van der Waals surface area contributed by atoms with Gasteiger partial charge in [0, 0.05) is 19.5 Å². The van der Waals surface area contributed by atoms with Gasteiger partial charge in [0.15, 0.2) is 0 Å². The van der Waals surface area contributed by atoms with E-state index in [2.05, 4.69) is 0 Å². The number of piperidine rings is 1. The van der Waals surface area contributed by atoms with Gasteiger partial charge in [0.2, 0.25) is 0 Å². The summed E-state index contributed by atoms with van der Waals surface area (Å²) in [5.41, 5.74) is 4.97. The van der Waals surface area contributed by atoms with Crippen molar-refractivity contribution in [1.29, 1.82) is 0 Å². The molecule has 0 saturated carbocycles. The number of hydrogen-bond acceptors (Lipinski definition) is 2. The van der Waals surface area contributed by atoms with Crippen molar-refractivity contribution in [3.8, 4) is 0 Å². The van der Waals surface area contributed by atoms with E-state index in [1.165, 1.54) is 0 Å². The number of nitrogens with two attached hydrogens (primary N) is 1. The molecule has 0 aliphatic carbocycles. The Kier molecular flexibility index (Phi) is 2.90. The van der Waals surface area contributed by atoms with Crippen LogP contribution in [-0.2, 0) is 4.79 Å². The highest BCUT2D eigenvalue weighted by molar-refractivity contribution is 5.82. The van der Waals surface area contributed by atoms with Crippen LogP contribution < -0.4 is 5.73 Å². The van der Waals surface area contributed by atoms with E-state index in [0.29, 0.717) is 4.90 Å². The van der Waals surface area contributed by atoms with E-state index in [1.54, 1.807) is 0 Å². The first-order chi connectivity index (χ1) is 6.64. The van der Waals surface area contributed by atoms with Crippen molar-refractivity contribution >= 4 is 5.91 Å². The second-order valence-electron chi connectivity index (χ2n) is 3.37. The van der Waals surface area contributed by atoms with Crippen LogP contribution in [0.4, 0.5) is 22.0 Å². The molecule has 0 aromatic carbocycles. The lowest BCUT2D eigenvalue weighted by molar-refractivity contribution is -0.190. The minimum Gasteiger partial charge on any atom is -0.333 e. The van der Waals surface area contributed by atoms with Crippen LogP contribution in [0.15, 0.2) is 0 Å². The summed E-state index contributed by atoms with van der Waals surface area (Å²) in [4.78, 5) is 11.0. The molecule has 1 unspecified atom stereocenters. The number of carbonyl (C=O) groups is 1. The van der Waals surface area contributed by atoms with Gasteiger partial charge in [-0.05, 0) is 0 Å². The molecule has 1 aliphatic heterocycles. The summed E-state index contributed by atoms with van der Waals surface area (Å²) in [6, 6.07) is -1.74. The van der Waals surface area contributed by atoms with Crippen LogP contribution in [0.5, 0.6) is 0 Å². The maximum Gasteiger partial charge on any atom is 0.471 e. The van der Waals surface area contributed by atoms with Crippen molar-refractivity contribution < 1.29 is 26.7 Å². The van der Waals surface area contributed by atoms with Crippen molar-refractivity contribution in [2.45, 2.75) is 24.6 Å². The van der Waals surface area contributed by atoms with Gasteiger partial charge in [-0.15, -0.1) is 0 Å². The SMILES string of the molecule is NC1CN(C(=O)C(F)(F)F)CCC1(F)F. The van der Waals surface area contributed by atoms with Crippen LogP contribution in [0.1, 0.15) is 6.42 Å². The molecule has 1 heterocycles. The summed E-state index contributed by atoms with van der Waals surface area (Å²) >= 11 is 0. The van der Waals surface area contributed by atoms with Crippen LogP contribution in [0, 0.1) is 0 Å². The van der Waals surface area contributed by atoms with E-state index in [-0.39, 0.29) is 0 Å². The van der Waals surface area contributed by atoms with E-state index >= 15 is 0 Å². The number of amides is 1. The van der Waals surface area contributed by atoms with Crippen molar-refractivity contribution in [1.82, 2.24) is 4.90 Å². The molecule has 1 aliphatic rings. The third kappa shape index (κ3) is 2.55. The molecule has 15 heavy (non-hydrogen) atoms. The average molecular weight is 232 g/mol. The minimum absolute atomic E-state index is 0.308. The van der Waals surface area contributed by atoms with Gasteiger partial charge in [0.05, 0.1) is 6.04 Å². The second-order valence-corrected chi connectivity index (χ2v) is 3.37. The number of likely N-dealkylation sites (tertiary alicyclic amines) is 1. The Hall–Kier alpha value is -0.920. The molecular formula is C7H9F5N2O. The van der Waals surface area contributed by atoms with Gasteiger partial charge in [0.1, 0.15) is 0 Å². The molecule has 1 atom stereocenters. The van der Waals surface area contributed by atoms with Gasteiger partial charge in [-0.25, -0.2) is 8.78 Å². The van der Waals surface area contributed by atoms with E-state index in [4.69, 9.17) is 5.73 Å². The third-order valence-electron chi connectivity index (χ3n) is 2.20. The van der Waals surface area contributed by atoms with Crippen molar-refractivity contribution in [3.05, 3.63) is 0 Å². The fraction of sp³-hybridized carbons (Fsp3) is 0.857. The molecule has 88 valence electrons. The van der Waals surface area contributed by atoms with E-state index in [1.807, 2.05) is 0 Å². The van der Waals surface area contributed by atoms with Gasteiger partial charge in [-0.1, -0.05) is 0 Å². The summed E-state index contributed by atoms with van der Waals surface area (Å²) < 4.78 is 61.4. The number of nitrogens with zero attached hydrogens (tertiary/aromatic N) is 1. The molecular weight excluding hydrogens is 223 g/mol. The topological polar surface area (TPSA) is 46.3 Å². The lowest BCUT2D eigenvalue weighted by atomic mass is 10.0. The number of carbonyl (C=O) groups excluding carboxylic acids is 1. The monoisotopic (exact) mass is 232 g/mol. The standard InChI is InChI=1S/C7H9F5N2O/c8-6(9)1-2-14(3-4(6)13)5(15)7(10,11)12/h4H,1-3,13H2. The molecule has 3 nitrogen and oxygen atoms in total. The predicted octanol–water partition coefficient (Wildman–Crippen LogP) is 0.744. The number of rotatable bonds is 0. The Labute approximate surface area is 82.0 Å². The first-order valence-corrected chi connectivity index (χ1v) is 4.14. The maximum atomic E-state index is 12.8. The highest BCUT2D eigenvalue weighted by atomic mass is 19.4. The molecule has 0 aromatic heterocycles. The Morgan fingerprint density at radius 1 is 1.40 bits per heavy atom. The molecule has 1 saturated heterocycles. The predicted molar refractivity (Wildman–Crippen MR) is 40.2 cm³/mol. The minimum atomic E-state index is -5.04. The number of halogens is 5. The normalized spacial score (nSPS) is 26.5. The fourth-order valence-electron chi connectivity index (χ4n) is 1.30. The van der Waals surface area contributed by atoms with Gasteiger partial charge in [-0.2, -0.15) is 13.2 Å². The van der Waals surface area contributed by atoms with Gasteiger partial charge < -0.3 is 10.6 Å². The Balaban J connectivity index is 2.67. The zero-order valence-electron chi connectivity index (χ0n) is 7.52. The molecule has 8 heteroatoms. The highest BCUT2D eigenvalue weighted by Crippen LogP contribution is 2.29. The molecule has 0 radical (unpaired) electrons. The maximum absolute atomic E-state index is 12.8. The smallest absolute Gasteiger partial charge is 0.333 e. The largest absolute Gasteiger partial charge is 0.471 e. The summed E-state index contributed by atoms with van der Waals surface area (Å²) in [6.45, 7) is -1.40. The first-order valence-electron chi connectivity index (χ1n) is 4.14. The molecule has 2 N–H and O–H groups in total. The van der Waals surface area contributed by atoms with Crippen LogP contribution >= 0.6 is 0 Å². The number of hydrogen-bond donors (Lipinski definition) is 1. The Morgan fingerprint density at radius 2 is 1.93 bits per heavy atom. The lowest BCUT2D eigenvalue weighted by Crippen LogP contribution is -2.58. The van der Waals surface area contributed by atoms with Crippen LogP contribution in [0.25, 0.3) is 0 Å². The summed E-state index contributed by atoms with van der Waals surface area (Å²) in [5.74, 6) is -5.32. The zero-order chi connectivity index (χ0) is 11.9. The lowest BCUT2D eigenvalue weighted by Gasteiger charge is -2.36. The molecule has 1 rings (SSSR count). The van der Waals surface area contributed by atoms with Gasteiger partial charge >= 0.3 is 12.1 Å². The van der Waals surface area contributed by atoms with Gasteiger partial charge in [0.25, 0.3) is 5.92 Å². The summed E-state index contributed by atoms with van der Waals surface area (Å²) in [7, 11) is 0. The Morgan fingerprint density at radius 3 is 2.33 bits per heavy atom. The molecule has 1 amide bonds. The Bertz CT molecular complexity index is 265. The number of alkyl halides is 5. The van der Waals surface area contributed by atoms with Crippen LogP contribution in [0.2, 0.25) is 0 Å². The quantitative estimate of drug-likeness (QED) is 0.626. The highest BCUT2D eigenvalue weighted by Gasteiger charge is 2.49. The molecule has 0 aromatic rings. The summed E-state index contributed by atoms with van der Waals surface area (Å²) in [6.07, 6.45) is -5.87. The molecule has 1 fully saturated rings. The summed E-state index contributed by atoms with van der Waals surface area (Å²) in [5, 5.41) is 0. The van der Waals surface area contributed by atoms with Crippen molar-refractivity contribution in [2.75, 3.05) is 13.1 Å². The average Bonchev–Trinajstić information content (AvgIpc) is 2.07. The van der Waals surface area contributed by atoms with Crippen molar-refractivity contribution in [3.63, 3.8) is 0 Å². The molecule has 0 spiro atoms. The van der Waals surface area contributed by atoms with E-state index in [0.717, 1.165) is 0 Å². The molecule has 0 bridgehead atoms. The second kappa shape index (κ2) is 3.58. The zero-order valence-corrected chi connectivity index (χ0v) is 7.52. The first kappa shape index (κ1) is 12.2. The fourth-order valence-corrected chi connectivity index (χ4v) is 1.30. The van der Waals surface area contributed by atoms with E-state index in [9.17, 15) is 26.7 Å².